The lowest BCUT2D eigenvalue weighted by atomic mass is 10.3. The van der Waals surface area contributed by atoms with Crippen molar-refractivity contribution in [3.8, 4) is 0 Å². The van der Waals surface area contributed by atoms with Crippen LogP contribution in [0.5, 0.6) is 0 Å². The third kappa shape index (κ3) is 2.44. The third-order valence-corrected chi connectivity index (χ3v) is 2.80. The molecule has 0 bridgehead atoms. The topological polar surface area (TPSA) is 72.7 Å². The fourth-order valence-corrected chi connectivity index (χ4v) is 1.86. The normalized spacial score (nSPS) is 10.4. The van der Waals surface area contributed by atoms with Crippen LogP contribution in [0.15, 0.2) is 12.4 Å². The van der Waals surface area contributed by atoms with Gasteiger partial charge in [-0.25, -0.2) is 9.97 Å². The lowest BCUT2D eigenvalue weighted by molar-refractivity contribution is 0.101. The van der Waals surface area contributed by atoms with Crippen LogP contribution in [0.4, 0.5) is 5.69 Å². The van der Waals surface area contributed by atoms with Crippen LogP contribution in [0.1, 0.15) is 16.2 Å². The van der Waals surface area contributed by atoms with Gasteiger partial charge < -0.3 is 5.32 Å². The van der Waals surface area contributed by atoms with Crippen LogP contribution < -0.4 is 5.32 Å². The number of carbonyl (C=O) groups is 1. The molecule has 0 atom stereocenters. The van der Waals surface area contributed by atoms with Gasteiger partial charge in [0.25, 0.3) is 5.91 Å². The zero-order valence-corrected chi connectivity index (χ0v) is 11.1. The molecular weight excluding hydrogens is 277 g/mol. The van der Waals surface area contributed by atoms with E-state index in [0.717, 1.165) is 5.69 Å². The minimum absolute atomic E-state index is 0.0854. The summed E-state index contributed by atoms with van der Waals surface area (Å²) in [5.74, 6) is -0.378. The van der Waals surface area contributed by atoms with Crippen molar-refractivity contribution in [1.29, 1.82) is 0 Å². The molecule has 0 aliphatic carbocycles. The molecule has 2 rings (SSSR count). The van der Waals surface area contributed by atoms with Gasteiger partial charge in [-0.3, -0.25) is 9.48 Å². The number of carbonyl (C=O) groups excluding carboxylic acids is 1. The molecule has 2 aromatic heterocycles. The molecule has 0 aromatic carbocycles. The van der Waals surface area contributed by atoms with Crippen LogP contribution in [0.3, 0.4) is 0 Å². The smallest absolute Gasteiger partial charge is 0.274 e. The molecule has 0 aliphatic rings. The molecule has 0 fully saturated rings. The molecule has 2 aromatic rings. The molecule has 0 unspecified atom stereocenters. The number of anilines is 1. The Morgan fingerprint density at radius 3 is 2.44 bits per heavy atom. The van der Waals surface area contributed by atoms with Crippen LogP contribution in [-0.2, 0) is 7.05 Å². The van der Waals surface area contributed by atoms with Crippen LogP contribution in [0.25, 0.3) is 0 Å². The van der Waals surface area contributed by atoms with Gasteiger partial charge in [-0.1, -0.05) is 23.2 Å². The second kappa shape index (κ2) is 4.91. The predicted octanol–water partition coefficient (Wildman–Crippen LogP) is 2.08. The van der Waals surface area contributed by atoms with E-state index in [1.165, 1.54) is 11.0 Å². The minimum atomic E-state index is -0.378. The van der Waals surface area contributed by atoms with Crippen LogP contribution in [0.2, 0.25) is 10.3 Å². The van der Waals surface area contributed by atoms with E-state index in [-0.39, 0.29) is 21.9 Å². The molecule has 18 heavy (non-hydrogen) atoms. The second-order valence-electron chi connectivity index (χ2n) is 3.58. The Hall–Kier alpha value is -1.66. The van der Waals surface area contributed by atoms with Crippen molar-refractivity contribution in [1.82, 2.24) is 19.7 Å². The number of halogens is 2. The summed E-state index contributed by atoms with van der Waals surface area (Å²) in [5.41, 5.74) is 1.32. The average molecular weight is 286 g/mol. The van der Waals surface area contributed by atoms with E-state index in [1.54, 1.807) is 20.0 Å². The highest BCUT2D eigenvalue weighted by atomic mass is 35.5. The fourth-order valence-electron chi connectivity index (χ4n) is 1.45. The number of amides is 1. The van der Waals surface area contributed by atoms with Crippen LogP contribution in [0, 0.1) is 6.92 Å². The lowest BCUT2D eigenvalue weighted by Gasteiger charge is -2.07. The van der Waals surface area contributed by atoms with Gasteiger partial charge in [0.2, 0.25) is 0 Å². The Bertz CT molecular complexity index is 590. The summed E-state index contributed by atoms with van der Waals surface area (Å²) in [6, 6.07) is 1.65. The number of rotatable bonds is 2. The summed E-state index contributed by atoms with van der Waals surface area (Å²) in [6.07, 6.45) is 1.22. The minimum Gasteiger partial charge on any atom is -0.315 e. The van der Waals surface area contributed by atoms with E-state index in [9.17, 15) is 4.79 Å². The first kappa shape index (κ1) is 12.8. The van der Waals surface area contributed by atoms with Gasteiger partial charge in [0.15, 0.2) is 10.3 Å². The number of hydrogen-bond donors (Lipinski definition) is 1. The highest BCUT2D eigenvalue weighted by Crippen LogP contribution is 2.26. The van der Waals surface area contributed by atoms with Gasteiger partial charge >= 0.3 is 0 Å². The van der Waals surface area contributed by atoms with Crippen molar-refractivity contribution < 1.29 is 4.79 Å². The Kier molecular flexibility index (Phi) is 3.49. The number of aromatic nitrogens is 4. The number of aryl methyl sites for hydroxylation is 2. The first-order valence-electron chi connectivity index (χ1n) is 4.97. The van der Waals surface area contributed by atoms with Gasteiger partial charge in [0.1, 0.15) is 17.7 Å². The van der Waals surface area contributed by atoms with Crippen molar-refractivity contribution in [3.05, 3.63) is 34.1 Å². The monoisotopic (exact) mass is 285 g/mol. The molecule has 94 valence electrons. The highest BCUT2D eigenvalue weighted by Gasteiger charge is 2.16. The van der Waals surface area contributed by atoms with E-state index in [0.29, 0.717) is 5.69 Å². The molecule has 1 N–H and O–H groups in total. The molecule has 1 amide bonds. The fraction of sp³-hybridized carbons (Fsp3) is 0.200. The van der Waals surface area contributed by atoms with E-state index in [4.69, 9.17) is 23.2 Å². The van der Waals surface area contributed by atoms with Crippen molar-refractivity contribution >= 4 is 34.8 Å². The molecule has 2 heterocycles. The Morgan fingerprint density at radius 1 is 1.33 bits per heavy atom. The van der Waals surface area contributed by atoms with E-state index >= 15 is 0 Å². The Balaban J connectivity index is 2.30. The van der Waals surface area contributed by atoms with Crippen molar-refractivity contribution in [2.24, 2.45) is 7.05 Å². The number of hydrogen-bond acceptors (Lipinski definition) is 4. The molecular formula is C10H9Cl2N5O. The van der Waals surface area contributed by atoms with Crippen molar-refractivity contribution in [2.45, 2.75) is 6.92 Å². The summed E-state index contributed by atoms with van der Waals surface area (Å²) in [5, 5.41) is 6.81. The van der Waals surface area contributed by atoms with Gasteiger partial charge in [-0.2, -0.15) is 5.10 Å². The summed E-state index contributed by atoms with van der Waals surface area (Å²) in [7, 11) is 1.67. The molecule has 0 spiro atoms. The SMILES string of the molecule is Cc1cc(C(=O)Nc2c(Cl)ncnc2Cl)n(C)n1. The standard InChI is InChI=1S/C10H9Cl2N5O/c1-5-3-6(17(2)16-5)10(18)15-7-8(11)13-4-14-9(7)12/h3-4H,1-2H3,(H,15,18). The zero-order chi connectivity index (χ0) is 13.3. The first-order valence-corrected chi connectivity index (χ1v) is 5.72. The maximum Gasteiger partial charge on any atom is 0.274 e. The first-order chi connectivity index (χ1) is 8.49. The van der Waals surface area contributed by atoms with Crippen molar-refractivity contribution in [2.75, 3.05) is 5.32 Å². The third-order valence-electron chi connectivity index (χ3n) is 2.23. The second-order valence-corrected chi connectivity index (χ2v) is 4.30. The van der Waals surface area contributed by atoms with Crippen LogP contribution in [-0.4, -0.2) is 25.7 Å². The molecule has 0 aliphatic heterocycles. The largest absolute Gasteiger partial charge is 0.315 e. The lowest BCUT2D eigenvalue weighted by Crippen LogP contribution is -2.17. The predicted molar refractivity (Wildman–Crippen MR) is 68.0 cm³/mol. The molecule has 8 heteroatoms. The Morgan fingerprint density at radius 2 is 1.94 bits per heavy atom. The molecule has 0 saturated heterocycles. The van der Waals surface area contributed by atoms with E-state index in [2.05, 4.69) is 20.4 Å². The molecule has 6 nitrogen and oxygen atoms in total. The summed E-state index contributed by atoms with van der Waals surface area (Å²) < 4.78 is 1.47. The number of nitrogens with one attached hydrogen (secondary N) is 1. The van der Waals surface area contributed by atoms with Gasteiger partial charge in [0.05, 0.1) is 5.69 Å². The highest BCUT2D eigenvalue weighted by molar-refractivity contribution is 6.38. The maximum absolute atomic E-state index is 12.0. The number of nitrogens with zero attached hydrogens (tertiary/aromatic N) is 4. The Labute approximate surface area is 113 Å². The van der Waals surface area contributed by atoms with Crippen molar-refractivity contribution in [3.63, 3.8) is 0 Å². The maximum atomic E-state index is 12.0. The quantitative estimate of drug-likeness (QED) is 0.858. The van der Waals surface area contributed by atoms with E-state index in [1.807, 2.05) is 0 Å². The van der Waals surface area contributed by atoms with Gasteiger partial charge in [-0.15, -0.1) is 0 Å². The average Bonchev–Trinajstić information content (AvgIpc) is 2.63. The zero-order valence-electron chi connectivity index (χ0n) is 9.61. The summed E-state index contributed by atoms with van der Waals surface area (Å²) in [4.78, 5) is 19.5. The summed E-state index contributed by atoms with van der Waals surface area (Å²) in [6.45, 7) is 1.79. The molecule has 0 saturated carbocycles. The summed E-state index contributed by atoms with van der Waals surface area (Å²) >= 11 is 11.7. The van der Waals surface area contributed by atoms with Gasteiger partial charge in [-0.05, 0) is 13.0 Å². The van der Waals surface area contributed by atoms with Crippen LogP contribution >= 0.6 is 23.2 Å². The van der Waals surface area contributed by atoms with Gasteiger partial charge in [0, 0.05) is 7.05 Å². The molecule has 0 radical (unpaired) electrons. The van der Waals surface area contributed by atoms with E-state index < -0.39 is 0 Å².